The molecule has 1 aliphatic heterocycles. The van der Waals surface area contributed by atoms with Crippen molar-refractivity contribution in [3.05, 3.63) is 0 Å². The van der Waals surface area contributed by atoms with Crippen molar-refractivity contribution in [3.8, 4) is 0 Å². The molecule has 0 aromatic heterocycles. The molecule has 1 saturated heterocycles. The summed E-state index contributed by atoms with van der Waals surface area (Å²) in [5.74, 6) is 3.61. The molecule has 0 amide bonds. The second-order valence-corrected chi connectivity index (χ2v) is 3.68. The minimum Gasteiger partial charge on any atom is -0.316 e. The summed E-state index contributed by atoms with van der Waals surface area (Å²) in [4.78, 5) is 0. The standard InChI is InChI=1S/C7H15NS/c1-3-6-4-9-5-7(6)8-2/h6-8H,3-5H2,1-2H3. The van der Waals surface area contributed by atoms with Gasteiger partial charge in [-0.25, -0.2) is 0 Å². The van der Waals surface area contributed by atoms with E-state index in [0.29, 0.717) is 0 Å². The Bertz CT molecular complexity index is 75.0. The third-order valence-corrected chi connectivity index (χ3v) is 3.35. The Morgan fingerprint density at radius 2 is 2.33 bits per heavy atom. The Balaban J connectivity index is 2.32. The van der Waals surface area contributed by atoms with Crippen LogP contribution in [0.25, 0.3) is 0 Å². The molecule has 2 atom stereocenters. The molecule has 1 rings (SSSR count). The fraction of sp³-hybridized carbons (Fsp3) is 1.00. The van der Waals surface area contributed by atoms with Crippen LogP contribution in [0.15, 0.2) is 0 Å². The Kier molecular flexibility index (Phi) is 2.86. The lowest BCUT2D eigenvalue weighted by Crippen LogP contribution is -2.31. The molecule has 1 heterocycles. The zero-order valence-electron chi connectivity index (χ0n) is 6.18. The molecule has 0 radical (unpaired) electrons. The van der Waals surface area contributed by atoms with E-state index in [9.17, 15) is 0 Å². The summed E-state index contributed by atoms with van der Waals surface area (Å²) in [6.07, 6.45) is 1.33. The minimum atomic E-state index is 0.792. The maximum Gasteiger partial charge on any atom is 0.0191 e. The first kappa shape index (κ1) is 7.42. The fourth-order valence-electron chi connectivity index (χ4n) is 1.32. The van der Waals surface area contributed by atoms with E-state index in [1.807, 2.05) is 0 Å². The molecule has 0 aromatic rings. The van der Waals surface area contributed by atoms with Crippen molar-refractivity contribution in [2.75, 3.05) is 18.6 Å². The van der Waals surface area contributed by atoms with Gasteiger partial charge in [0.2, 0.25) is 0 Å². The predicted molar refractivity (Wildman–Crippen MR) is 44.0 cm³/mol. The van der Waals surface area contributed by atoms with Crippen molar-refractivity contribution in [2.24, 2.45) is 5.92 Å². The Morgan fingerprint density at radius 1 is 1.56 bits per heavy atom. The lowest BCUT2D eigenvalue weighted by Gasteiger charge is -2.14. The molecule has 0 aromatic carbocycles. The predicted octanol–water partition coefficient (Wildman–Crippen LogP) is 1.35. The lowest BCUT2D eigenvalue weighted by atomic mass is 10.0. The second-order valence-electron chi connectivity index (χ2n) is 2.60. The van der Waals surface area contributed by atoms with E-state index >= 15 is 0 Å². The van der Waals surface area contributed by atoms with Crippen molar-refractivity contribution in [3.63, 3.8) is 0 Å². The van der Waals surface area contributed by atoms with Crippen LogP contribution in [0.4, 0.5) is 0 Å². The molecule has 1 N–H and O–H groups in total. The first-order valence-electron chi connectivity index (χ1n) is 3.63. The molecule has 0 bridgehead atoms. The van der Waals surface area contributed by atoms with Crippen LogP contribution in [0.2, 0.25) is 0 Å². The molecular formula is C7H15NS. The highest BCUT2D eigenvalue weighted by Gasteiger charge is 2.23. The van der Waals surface area contributed by atoms with Crippen LogP contribution >= 0.6 is 11.8 Å². The fourth-order valence-corrected chi connectivity index (χ4v) is 2.92. The van der Waals surface area contributed by atoms with Crippen LogP contribution < -0.4 is 5.32 Å². The summed E-state index contributed by atoms with van der Waals surface area (Å²) < 4.78 is 0. The Morgan fingerprint density at radius 3 is 2.78 bits per heavy atom. The van der Waals surface area contributed by atoms with Crippen LogP contribution in [0, 0.1) is 5.92 Å². The van der Waals surface area contributed by atoms with Gasteiger partial charge < -0.3 is 5.32 Å². The number of rotatable bonds is 2. The molecule has 0 spiro atoms. The topological polar surface area (TPSA) is 12.0 Å². The molecule has 1 fully saturated rings. The van der Waals surface area contributed by atoms with Crippen LogP contribution in [-0.4, -0.2) is 24.6 Å². The summed E-state index contributed by atoms with van der Waals surface area (Å²) in [6.45, 7) is 2.28. The van der Waals surface area contributed by atoms with Crippen molar-refractivity contribution in [1.29, 1.82) is 0 Å². The summed E-state index contributed by atoms with van der Waals surface area (Å²) in [7, 11) is 2.07. The second kappa shape index (κ2) is 3.47. The summed E-state index contributed by atoms with van der Waals surface area (Å²) >= 11 is 2.08. The third-order valence-electron chi connectivity index (χ3n) is 2.09. The number of thioether (sulfide) groups is 1. The van der Waals surface area contributed by atoms with Crippen molar-refractivity contribution in [1.82, 2.24) is 5.32 Å². The average molecular weight is 145 g/mol. The van der Waals surface area contributed by atoms with Gasteiger partial charge in [0.05, 0.1) is 0 Å². The van der Waals surface area contributed by atoms with Gasteiger partial charge in [0, 0.05) is 11.8 Å². The van der Waals surface area contributed by atoms with Gasteiger partial charge in [-0.15, -0.1) is 0 Å². The van der Waals surface area contributed by atoms with Gasteiger partial charge in [-0.05, 0) is 18.7 Å². The van der Waals surface area contributed by atoms with E-state index < -0.39 is 0 Å². The highest BCUT2D eigenvalue weighted by atomic mass is 32.2. The minimum absolute atomic E-state index is 0.792. The SMILES string of the molecule is CCC1CSCC1NC. The molecule has 1 aliphatic rings. The molecule has 2 heteroatoms. The van der Waals surface area contributed by atoms with Gasteiger partial charge in [-0.2, -0.15) is 11.8 Å². The van der Waals surface area contributed by atoms with Crippen LogP contribution in [-0.2, 0) is 0 Å². The Hall–Kier alpha value is 0.310. The van der Waals surface area contributed by atoms with Crippen molar-refractivity contribution >= 4 is 11.8 Å². The lowest BCUT2D eigenvalue weighted by molar-refractivity contribution is 0.444. The highest BCUT2D eigenvalue weighted by molar-refractivity contribution is 7.99. The van der Waals surface area contributed by atoms with Crippen LogP contribution in [0.1, 0.15) is 13.3 Å². The van der Waals surface area contributed by atoms with Gasteiger partial charge in [0.1, 0.15) is 0 Å². The van der Waals surface area contributed by atoms with Gasteiger partial charge >= 0.3 is 0 Å². The van der Waals surface area contributed by atoms with Crippen LogP contribution in [0.5, 0.6) is 0 Å². The molecule has 0 aliphatic carbocycles. The van der Waals surface area contributed by atoms with Crippen LogP contribution in [0.3, 0.4) is 0 Å². The molecule has 0 saturated carbocycles. The van der Waals surface area contributed by atoms with E-state index in [0.717, 1.165) is 12.0 Å². The van der Waals surface area contributed by atoms with E-state index in [2.05, 4.69) is 31.1 Å². The quantitative estimate of drug-likeness (QED) is 0.629. The number of hydrogen-bond donors (Lipinski definition) is 1. The number of hydrogen-bond acceptors (Lipinski definition) is 2. The van der Waals surface area contributed by atoms with Crippen molar-refractivity contribution in [2.45, 2.75) is 19.4 Å². The molecule has 1 nitrogen and oxygen atoms in total. The van der Waals surface area contributed by atoms with Gasteiger partial charge in [0.15, 0.2) is 0 Å². The van der Waals surface area contributed by atoms with Gasteiger partial charge in [-0.3, -0.25) is 0 Å². The molecular weight excluding hydrogens is 130 g/mol. The van der Waals surface area contributed by atoms with E-state index in [1.165, 1.54) is 17.9 Å². The van der Waals surface area contributed by atoms with Gasteiger partial charge in [0.25, 0.3) is 0 Å². The normalized spacial score (nSPS) is 35.3. The van der Waals surface area contributed by atoms with E-state index in [-0.39, 0.29) is 0 Å². The summed E-state index contributed by atoms with van der Waals surface area (Å²) in [6, 6.07) is 0.792. The largest absolute Gasteiger partial charge is 0.316 e. The van der Waals surface area contributed by atoms with E-state index in [1.54, 1.807) is 0 Å². The average Bonchev–Trinajstić information content (AvgIpc) is 2.33. The monoisotopic (exact) mass is 145 g/mol. The zero-order valence-corrected chi connectivity index (χ0v) is 7.00. The van der Waals surface area contributed by atoms with Crippen molar-refractivity contribution < 1.29 is 0 Å². The smallest absolute Gasteiger partial charge is 0.0191 e. The summed E-state index contributed by atoms with van der Waals surface area (Å²) in [5, 5.41) is 3.34. The Labute approximate surface area is 61.6 Å². The first-order chi connectivity index (χ1) is 4.38. The maximum absolute atomic E-state index is 3.34. The molecule has 54 valence electrons. The first-order valence-corrected chi connectivity index (χ1v) is 4.79. The maximum atomic E-state index is 3.34. The number of nitrogens with one attached hydrogen (secondary N) is 1. The van der Waals surface area contributed by atoms with Gasteiger partial charge in [-0.1, -0.05) is 13.3 Å². The highest BCUT2D eigenvalue weighted by Crippen LogP contribution is 2.25. The molecule has 9 heavy (non-hydrogen) atoms. The summed E-state index contributed by atoms with van der Waals surface area (Å²) in [5.41, 5.74) is 0. The zero-order chi connectivity index (χ0) is 6.69. The third kappa shape index (κ3) is 1.62. The van der Waals surface area contributed by atoms with E-state index in [4.69, 9.17) is 0 Å². The molecule has 2 unspecified atom stereocenters.